The van der Waals surface area contributed by atoms with Gasteiger partial charge in [-0.05, 0) is 70.6 Å². The van der Waals surface area contributed by atoms with Crippen molar-refractivity contribution in [1.29, 1.82) is 0 Å². The highest BCUT2D eigenvalue weighted by Gasteiger charge is 2.23. The topological polar surface area (TPSA) is 0 Å². The number of halogens is 1. The van der Waals surface area contributed by atoms with Crippen LogP contribution in [0, 0.1) is 0 Å². The molecule has 2 nitrogen and oxygen atoms in total. The Balaban J connectivity index is 0.00000288. The molecule has 0 aromatic carbocycles. The Bertz CT molecular complexity index is 273. The molecule has 2 fully saturated rings. The van der Waals surface area contributed by atoms with Gasteiger partial charge in [0.25, 0.3) is 0 Å². The summed E-state index contributed by atoms with van der Waals surface area (Å²) < 4.78 is 2.73. The molecule has 0 saturated carbocycles. The lowest BCUT2D eigenvalue weighted by Crippen LogP contribution is -3.00. The Kier molecular flexibility index (Phi) is 11.1. The van der Waals surface area contributed by atoms with Gasteiger partial charge >= 0.3 is 0 Å². The van der Waals surface area contributed by atoms with Crippen LogP contribution in [0.5, 0.6) is 0 Å². The number of hydrogen-bond donors (Lipinski definition) is 0. The van der Waals surface area contributed by atoms with E-state index in [0.29, 0.717) is 0 Å². The van der Waals surface area contributed by atoms with Crippen molar-refractivity contribution in [3.63, 3.8) is 0 Å². The summed E-state index contributed by atoms with van der Waals surface area (Å²) in [6.45, 7) is 8.62. The molecule has 0 aromatic heterocycles. The van der Waals surface area contributed by atoms with Gasteiger partial charge in [-0.1, -0.05) is 12.8 Å². The van der Waals surface area contributed by atoms with E-state index in [-0.39, 0.29) is 17.0 Å². The second-order valence-electron chi connectivity index (χ2n) is 9.18. The summed E-state index contributed by atoms with van der Waals surface area (Å²) in [5, 5.41) is 0. The van der Waals surface area contributed by atoms with Gasteiger partial charge in [-0.3, -0.25) is 0 Å². The third-order valence-electron chi connectivity index (χ3n) is 6.69. The zero-order chi connectivity index (χ0) is 16.4. The number of unbranched alkanes of at least 4 members (excludes halogenated alkanes) is 2. The molecular weight excluding hydrogens is 360 g/mol. The fourth-order valence-electron chi connectivity index (χ4n) is 4.87. The molecule has 0 aliphatic carbocycles. The van der Waals surface area contributed by atoms with Crippen LogP contribution < -0.4 is 17.0 Å². The smallest absolute Gasteiger partial charge is 0.0784 e. The molecule has 0 radical (unpaired) electrons. The van der Waals surface area contributed by atoms with Crippen LogP contribution in [0.4, 0.5) is 0 Å². The average Bonchev–Trinajstić information content (AvgIpc) is 2.48. The van der Waals surface area contributed by atoms with Gasteiger partial charge in [-0.2, -0.15) is 0 Å². The first-order valence-electron chi connectivity index (χ1n) is 10.8. The molecule has 0 aromatic rings. The van der Waals surface area contributed by atoms with Crippen molar-refractivity contribution in [2.24, 2.45) is 0 Å². The first-order chi connectivity index (χ1) is 11.1. The SMILES string of the molecule is C[N+]1(CCCCC[N+]2(C)CCCCCCC2)CCCCCCC1.[Br-]. The van der Waals surface area contributed by atoms with E-state index in [1.54, 1.807) is 0 Å². The molecule has 2 aliphatic heterocycles. The van der Waals surface area contributed by atoms with Crippen LogP contribution in [0.25, 0.3) is 0 Å². The number of rotatable bonds is 6. The first-order valence-corrected chi connectivity index (χ1v) is 10.8. The lowest BCUT2D eigenvalue weighted by atomic mass is 10.0. The maximum absolute atomic E-state index is 2.53. The Labute approximate surface area is 162 Å². The molecule has 2 heterocycles. The van der Waals surface area contributed by atoms with Gasteiger partial charge in [-0.15, -0.1) is 0 Å². The standard InChI is InChI=1S/C21H44N2.BrH/c1-22(16-10-5-3-6-11-17-22)20-14-9-15-21-23(2)18-12-7-4-8-13-19-23;/h3-21H2,1-2H3;1H/q+2;/p-1. The van der Waals surface area contributed by atoms with Gasteiger partial charge in [-0.25, -0.2) is 0 Å². The van der Waals surface area contributed by atoms with Crippen LogP contribution in [0.15, 0.2) is 0 Å². The van der Waals surface area contributed by atoms with E-state index in [1.807, 2.05) is 0 Å². The van der Waals surface area contributed by atoms with Gasteiger partial charge in [0.15, 0.2) is 0 Å². The second kappa shape index (κ2) is 11.9. The Morgan fingerprint density at radius 3 is 1.08 bits per heavy atom. The Morgan fingerprint density at radius 1 is 0.458 bits per heavy atom. The third kappa shape index (κ3) is 8.67. The van der Waals surface area contributed by atoms with E-state index in [4.69, 9.17) is 0 Å². The van der Waals surface area contributed by atoms with E-state index in [1.165, 1.54) is 132 Å². The van der Waals surface area contributed by atoms with Crippen molar-refractivity contribution in [1.82, 2.24) is 0 Å². The highest BCUT2D eigenvalue weighted by atomic mass is 79.9. The second-order valence-corrected chi connectivity index (χ2v) is 9.18. The van der Waals surface area contributed by atoms with Crippen LogP contribution in [-0.4, -0.2) is 62.3 Å². The summed E-state index contributed by atoms with van der Waals surface area (Å²) in [4.78, 5) is 0. The molecule has 0 atom stereocenters. The summed E-state index contributed by atoms with van der Waals surface area (Å²) >= 11 is 0. The Hall–Kier alpha value is 0.400. The number of quaternary nitrogens is 2. The third-order valence-corrected chi connectivity index (χ3v) is 6.69. The zero-order valence-electron chi connectivity index (χ0n) is 16.7. The minimum atomic E-state index is 0. The molecule has 0 spiro atoms. The summed E-state index contributed by atoms with van der Waals surface area (Å²) in [6, 6.07) is 0. The number of likely N-dealkylation sites (tertiary alicyclic amines) is 2. The van der Waals surface area contributed by atoms with E-state index in [9.17, 15) is 0 Å². The van der Waals surface area contributed by atoms with Crippen molar-refractivity contribution in [3.05, 3.63) is 0 Å². The summed E-state index contributed by atoms with van der Waals surface area (Å²) in [5.41, 5.74) is 0. The van der Waals surface area contributed by atoms with E-state index >= 15 is 0 Å². The van der Waals surface area contributed by atoms with Gasteiger partial charge in [0.1, 0.15) is 0 Å². The molecule has 0 N–H and O–H groups in total. The van der Waals surface area contributed by atoms with Gasteiger partial charge in [0.05, 0.1) is 53.4 Å². The van der Waals surface area contributed by atoms with Crippen LogP contribution in [0.3, 0.4) is 0 Å². The summed E-state index contributed by atoms with van der Waals surface area (Å²) in [6.07, 6.45) is 19.1. The molecule has 3 heteroatoms. The maximum Gasteiger partial charge on any atom is 0.0784 e. The van der Waals surface area contributed by atoms with Crippen LogP contribution in [0.1, 0.15) is 83.5 Å². The molecule has 2 saturated heterocycles. The normalized spacial score (nSPS) is 24.8. The van der Waals surface area contributed by atoms with Crippen LogP contribution in [0.2, 0.25) is 0 Å². The summed E-state index contributed by atoms with van der Waals surface area (Å²) in [7, 11) is 5.05. The largest absolute Gasteiger partial charge is 1.00 e. The molecule has 0 unspecified atom stereocenters. The molecule has 144 valence electrons. The van der Waals surface area contributed by atoms with Crippen molar-refractivity contribution in [3.8, 4) is 0 Å². The molecule has 24 heavy (non-hydrogen) atoms. The summed E-state index contributed by atoms with van der Waals surface area (Å²) in [5.74, 6) is 0. The zero-order valence-corrected chi connectivity index (χ0v) is 18.3. The Morgan fingerprint density at radius 2 is 0.750 bits per heavy atom. The quantitative estimate of drug-likeness (QED) is 0.469. The highest BCUT2D eigenvalue weighted by molar-refractivity contribution is 4.54. The van der Waals surface area contributed by atoms with E-state index in [2.05, 4.69) is 14.1 Å². The predicted octanol–water partition coefficient (Wildman–Crippen LogP) is 1.98. The number of nitrogens with zero attached hydrogens (tertiary/aromatic N) is 2. The van der Waals surface area contributed by atoms with Crippen molar-refractivity contribution >= 4 is 0 Å². The van der Waals surface area contributed by atoms with Gasteiger partial charge in [0, 0.05) is 0 Å². The molecule has 0 bridgehead atoms. The van der Waals surface area contributed by atoms with Crippen LogP contribution >= 0.6 is 0 Å². The van der Waals surface area contributed by atoms with Crippen molar-refractivity contribution in [2.75, 3.05) is 53.4 Å². The molecule has 0 amide bonds. The fraction of sp³-hybridized carbons (Fsp3) is 1.00. The van der Waals surface area contributed by atoms with Gasteiger partial charge in [0.2, 0.25) is 0 Å². The predicted molar refractivity (Wildman–Crippen MR) is 102 cm³/mol. The minimum absolute atomic E-state index is 0. The molecular formula is C21H44BrN2+. The lowest BCUT2D eigenvalue weighted by Gasteiger charge is -2.37. The van der Waals surface area contributed by atoms with E-state index in [0.717, 1.165) is 0 Å². The fourth-order valence-corrected chi connectivity index (χ4v) is 4.87. The maximum atomic E-state index is 2.53. The lowest BCUT2D eigenvalue weighted by molar-refractivity contribution is -0.912. The minimum Gasteiger partial charge on any atom is -1.00 e. The molecule has 2 aliphatic rings. The highest BCUT2D eigenvalue weighted by Crippen LogP contribution is 2.19. The van der Waals surface area contributed by atoms with Crippen LogP contribution in [-0.2, 0) is 0 Å². The average molecular weight is 405 g/mol. The van der Waals surface area contributed by atoms with E-state index < -0.39 is 0 Å². The number of hydrogen-bond acceptors (Lipinski definition) is 0. The van der Waals surface area contributed by atoms with Crippen molar-refractivity contribution in [2.45, 2.75) is 83.5 Å². The molecule has 2 rings (SSSR count). The monoisotopic (exact) mass is 403 g/mol. The van der Waals surface area contributed by atoms with Crippen molar-refractivity contribution < 1.29 is 25.9 Å². The first kappa shape index (κ1) is 22.4. The van der Waals surface area contributed by atoms with Gasteiger partial charge < -0.3 is 25.9 Å².